The lowest BCUT2D eigenvalue weighted by Gasteiger charge is -2.12. The van der Waals surface area contributed by atoms with E-state index in [1.807, 2.05) is 13.0 Å². The van der Waals surface area contributed by atoms with Crippen molar-refractivity contribution < 1.29 is 14.4 Å². The number of hydrogen-bond acceptors (Lipinski definition) is 5. The van der Waals surface area contributed by atoms with Gasteiger partial charge in [0.2, 0.25) is 5.91 Å². The maximum absolute atomic E-state index is 12.4. The number of anilines is 2. The first kappa shape index (κ1) is 17.9. The van der Waals surface area contributed by atoms with Crippen LogP contribution in [-0.4, -0.2) is 43.0 Å². The molecule has 3 N–H and O–H groups in total. The molecule has 0 atom stereocenters. The molecule has 0 bridgehead atoms. The highest BCUT2D eigenvalue weighted by atomic mass is 32.1. The van der Waals surface area contributed by atoms with Gasteiger partial charge in [-0.3, -0.25) is 14.5 Å². The van der Waals surface area contributed by atoms with Gasteiger partial charge in [0, 0.05) is 25.5 Å². The molecule has 1 aliphatic rings. The van der Waals surface area contributed by atoms with Gasteiger partial charge in [-0.15, -0.1) is 11.3 Å². The molecule has 1 aromatic carbocycles. The Morgan fingerprint density at radius 3 is 2.88 bits per heavy atom. The molecule has 1 aliphatic heterocycles. The highest BCUT2D eigenvalue weighted by Crippen LogP contribution is 2.23. The lowest BCUT2D eigenvalue weighted by molar-refractivity contribution is -0.115. The molecular weight excluding hydrogens is 354 g/mol. The van der Waals surface area contributed by atoms with Gasteiger partial charge in [-0.05, 0) is 18.6 Å². The molecule has 0 spiro atoms. The van der Waals surface area contributed by atoms with Crippen molar-refractivity contribution in [1.82, 2.24) is 15.6 Å². The maximum atomic E-state index is 12.4. The molecule has 0 unspecified atom stereocenters. The molecule has 26 heavy (non-hydrogen) atoms. The van der Waals surface area contributed by atoms with E-state index in [2.05, 4.69) is 20.9 Å². The number of aryl methyl sites for hydroxylation is 1. The van der Waals surface area contributed by atoms with Crippen molar-refractivity contribution in [1.29, 1.82) is 0 Å². The van der Waals surface area contributed by atoms with E-state index in [0.29, 0.717) is 35.2 Å². The Morgan fingerprint density at radius 2 is 2.19 bits per heavy atom. The molecule has 1 saturated heterocycles. The molecule has 9 heteroatoms. The molecule has 8 nitrogen and oxygen atoms in total. The Labute approximate surface area is 154 Å². The smallest absolute Gasteiger partial charge is 0.323 e. The number of nitrogens with zero attached hydrogens (tertiary/aromatic N) is 2. The van der Waals surface area contributed by atoms with E-state index in [0.717, 1.165) is 5.56 Å². The molecule has 2 heterocycles. The third-order valence-corrected chi connectivity index (χ3v) is 4.88. The number of urea groups is 1. The fourth-order valence-electron chi connectivity index (χ4n) is 2.71. The minimum absolute atomic E-state index is 0.0626. The molecule has 4 amide bonds. The standard InChI is InChI=1S/C17H19N5O3S/c1-10-4-3-5-12(14(10)15(24)18-2)21-13(23)8-11-9-26-17(20-11)22-7-6-19-16(22)25/h3-5,9H,6-8H2,1-2H3,(H,18,24)(H,19,25)(H,21,23). The zero-order chi connectivity index (χ0) is 18.7. The monoisotopic (exact) mass is 373 g/mol. The second-order valence-electron chi connectivity index (χ2n) is 5.81. The van der Waals surface area contributed by atoms with Crippen LogP contribution in [0, 0.1) is 6.92 Å². The maximum Gasteiger partial charge on any atom is 0.323 e. The highest BCUT2D eigenvalue weighted by molar-refractivity contribution is 7.14. The lowest BCUT2D eigenvalue weighted by Crippen LogP contribution is -2.27. The van der Waals surface area contributed by atoms with Crippen molar-refractivity contribution >= 4 is 40.0 Å². The van der Waals surface area contributed by atoms with Crippen molar-refractivity contribution in [2.45, 2.75) is 13.3 Å². The number of nitrogens with one attached hydrogen (secondary N) is 3. The lowest BCUT2D eigenvalue weighted by atomic mass is 10.1. The number of carbonyl (C=O) groups excluding carboxylic acids is 3. The summed E-state index contributed by atoms with van der Waals surface area (Å²) < 4.78 is 0. The summed E-state index contributed by atoms with van der Waals surface area (Å²) in [6, 6.07) is 5.11. The van der Waals surface area contributed by atoms with Crippen LogP contribution in [0.1, 0.15) is 21.6 Å². The first-order valence-corrected chi connectivity index (χ1v) is 8.99. The van der Waals surface area contributed by atoms with Crippen LogP contribution in [0.4, 0.5) is 15.6 Å². The normalized spacial score (nSPS) is 13.5. The Bertz CT molecular complexity index is 864. The van der Waals surface area contributed by atoms with Crippen LogP contribution in [0.5, 0.6) is 0 Å². The summed E-state index contributed by atoms with van der Waals surface area (Å²) in [6.45, 7) is 2.97. The minimum Gasteiger partial charge on any atom is -0.355 e. The Balaban J connectivity index is 1.70. The second kappa shape index (κ2) is 7.52. The van der Waals surface area contributed by atoms with Gasteiger partial charge in [-0.1, -0.05) is 12.1 Å². The van der Waals surface area contributed by atoms with E-state index in [1.54, 1.807) is 29.5 Å². The molecule has 0 aliphatic carbocycles. The van der Waals surface area contributed by atoms with Crippen LogP contribution in [0.15, 0.2) is 23.6 Å². The fourth-order valence-corrected chi connectivity index (χ4v) is 3.56. The topological polar surface area (TPSA) is 103 Å². The SMILES string of the molecule is CNC(=O)c1c(C)cccc1NC(=O)Cc1csc(N2CCNC2=O)n1. The number of benzene rings is 1. The number of hydrogen-bond donors (Lipinski definition) is 3. The largest absolute Gasteiger partial charge is 0.355 e. The first-order valence-electron chi connectivity index (χ1n) is 8.11. The summed E-state index contributed by atoms with van der Waals surface area (Å²) in [6.07, 6.45) is 0.0626. The number of amides is 4. The number of rotatable bonds is 5. The van der Waals surface area contributed by atoms with Gasteiger partial charge in [0.05, 0.1) is 23.4 Å². The van der Waals surface area contributed by atoms with Gasteiger partial charge in [0.25, 0.3) is 5.91 Å². The van der Waals surface area contributed by atoms with Crippen LogP contribution in [0.25, 0.3) is 0 Å². The van der Waals surface area contributed by atoms with Crippen molar-refractivity contribution in [3.63, 3.8) is 0 Å². The zero-order valence-corrected chi connectivity index (χ0v) is 15.3. The minimum atomic E-state index is -0.275. The average Bonchev–Trinajstić information content (AvgIpc) is 3.23. The third kappa shape index (κ3) is 3.67. The van der Waals surface area contributed by atoms with Crippen LogP contribution >= 0.6 is 11.3 Å². The van der Waals surface area contributed by atoms with Gasteiger partial charge in [-0.2, -0.15) is 0 Å². The summed E-state index contributed by atoms with van der Waals surface area (Å²) in [4.78, 5) is 42.0. The first-order chi connectivity index (χ1) is 12.5. The number of thiazole rings is 1. The van der Waals surface area contributed by atoms with Gasteiger partial charge >= 0.3 is 6.03 Å². The van der Waals surface area contributed by atoms with Gasteiger partial charge in [0.15, 0.2) is 5.13 Å². The zero-order valence-electron chi connectivity index (χ0n) is 14.5. The van der Waals surface area contributed by atoms with Crippen LogP contribution in [0.3, 0.4) is 0 Å². The van der Waals surface area contributed by atoms with E-state index in [1.165, 1.54) is 11.3 Å². The molecule has 0 radical (unpaired) electrons. The van der Waals surface area contributed by atoms with E-state index in [-0.39, 0.29) is 24.3 Å². The quantitative estimate of drug-likeness (QED) is 0.739. The number of aromatic nitrogens is 1. The van der Waals surface area contributed by atoms with E-state index < -0.39 is 0 Å². The number of carbonyl (C=O) groups is 3. The fraction of sp³-hybridized carbons (Fsp3) is 0.294. The average molecular weight is 373 g/mol. The van der Waals surface area contributed by atoms with Crippen molar-refractivity contribution in [2.75, 3.05) is 30.4 Å². The Morgan fingerprint density at radius 1 is 1.38 bits per heavy atom. The summed E-state index contributed by atoms with van der Waals surface area (Å²) in [7, 11) is 1.55. The summed E-state index contributed by atoms with van der Waals surface area (Å²) in [5.41, 5.74) is 2.26. The molecule has 1 fully saturated rings. The second-order valence-corrected chi connectivity index (χ2v) is 6.64. The Kier molecular flexibility index (Phi) is 5.17. The van der Waals surface area contributed by atoms with Crippen LogP contribution in [0.2, 0.25) is 0 Å². The van der Waals surface area contributed by atoms with Gasteiger partial charge in [0.1, 0.15) is 0 Å². The van der Waals surface area contributed by atoms with E-state index in [9.17, 15) is 14.4 Å². The molecule has 0 saturated carbocycles. The summed E-state index contributed by atoms with van der Waals surface area (Å²) in [5.74, 6) is -0.530. The molecule has 136 valence electrons. The third-order valence-electron chi connectivity index (χ3n) is 3.97. The highest BCUT2D eigenvalue weighted by Gasteiger charge is 2.24. The summed E-state index contributed by atoms with van der Waals surface area (Å²) in [5, 5.41) is 10.4. The summed E-state index contributed by atoms with van der Waals surface area (Å²) >= 11 is 1.32. The van der Waals surface area contributed by atoms with E-state index in [4.69, 9.17) is 0 Å². The predicted molar refractivity (Wildman–Crippen MR) is 99.8 cm³/mol. The molecule has 3 rings (SSSR count). The predicted octanol–water partition coefficient (Wildman–Crippen LogP) is 1.52. The Hall–Kier alpha value is -2.94. The van der Waals surface area contributed by atoms with Crippen molar-refractivity contribution in [2.24, 2.45) is 0 Å². The molecule has 1 aromatic heterocycles. The van der Waals surface area contributed by atoms with Gasteiger partial charge in [-0.25, -0.2) is 9.78 Å². The van der Waals surface area contributed by atoms with Crippen LogP contribution in [-0.2, 0) is 11.2 Å². The van der Waals surface area contributed by atoms with E-state index >= 15 is 0 Å². The molecule has 2 aromatic rings. The van der Waals surface area contributed by atoms with Crippen molar-refractivity contribution in [3.05, 3.63) is 40.4 Å². The van der Waals surface area contributed by atoms with Crippen molar-refractivity contribution in [3.8, 4) is 0 Å². The van der Waals surface area contributed by atoms with Gasteiger partial charge < -0.3 is 16.0 Å². The van der Waals surface area contributed by atoms with Crippen LogP contribution < -0.4 is 20.9 Å². The molecular formula is C17H19N5O3S.